The molecular weight excluding hydrogens is 300 g/mol. The zero-order valence-corrected chi connectivity index (χ0v) is 13.3. The molecule has 116 valence electrons. The predicted octanol–water partition coefficient (Wildman–Crippen LogP) is 0.855. The van der Waals surface area contributed by atoms with Crippen LogP contribution in [0.3, 0.4) is 0 Å². The van der Waals surface area contributed by atoms with Crippen LogP contribution in [0.5, 0.6) is 0 Å². The number of aliphatic carboxylic acids is 1. The average molecular weight is 322 g/mol. The van der Waals surface area contributed by atoms with Crippen LogP contribution < -0.4 is 0 Å². The van der Waals surface area contributed by atoms with Crippen molar-refractivity contribution >= 4 is 27.9 Å². The number of thioether (sulfide) groups is 1. The van der Waals surface area contributed by atoms with Crippen LogP contribution in [0.2, 0.25) is 0 Å². The molecule has 2 aliphatic heterocycles. The van der Waals surface area contributed by atoms with Gasteiger partial charge in [0, 0.05) is 37.2 Å². The van der Waals surface area contributed by atoms with Gasteiger partial charge in [-0.05, 0) is 18.8 Å². The molecule has 0 aromatic rings. The Balaban J connectivity index is 2.14. The van der Waals surface area contributed by atoms with E-state index in [1.165, 1.54) is 8.61 Å². The molecule has 0 amide bonds. The van der Waals surface area contributed by atoms with Gasteiger partial charge < -0.3 is 5.11 Å². The third kappa shape index (κ3) is 3.66. The summed E-state index contributed by atoms with van der Waals surface area (Å²) >= 11 is 1.62. The van der Waals surface area contributed by atoms with E-state index < -0.39 is 22.2 Å². The van der Waals surface area contributed by atoms with Gasteiger partial charge in [0.2, 0.25) is 0 Å². The number of carboxylic acid groups (broad SMARTS) is 1. The van der Waals surface area contributed by atoms with Gasteiger partial charge in [0.25, 0.3) is 10.2 Å². The van der Waals surface area contributed by atoms with Gasteiger partial charge in [-0.1, -0.05) is 6.92 Å². The van der Waals surface area contributed by atoms with Gasteiger partial charge in [0.1, 0.15) is 0 Å². The van der Waals surface area contributed by atoms with Gasteiger partial charge in [-0.3, -0.25) is 4.79 Å². The van der Waals surface area contributed by atoms with Crippen LogP contribution in [0, 0.1) is 5.92 Å². The fourth-order valence-electron chi connectivity index (χ4n) is 2.81. The molecule has 0 aromatic carbocycles. The molecule has 2 heterocycles. The first-order valence-electron chi connectivity index (χ1n) is 6.97. The molecule has 2 fully saturated rings. The molecular formula is C12H22N2O4S2. The van der Waals surface area contributed by atoms with Crippen molar-refractivity contribution in [1.29, 1.82) is 0 Å². The lowest BCUT2D eigenvalue weighted by Crippen LogP contribution is -2.54. The number of carboxylic acids is 1. The number of hydrogen-bond acceptors (Lipinski definition) is 4. The standard InChI is InChI=1S/C12H22N2O4S2/c1-10-3-2-4-13(8-10)20(17,18)14-5-6-19-9-11(14)7-12(15)16/h10-11H,2-9H2,1H3,(H,15,16). The van der Waals surface area contributed by atoms with Crippen LogP contribution in [-0.4, -0.2) is 65.3 Å². The summed E-state index contributed by atoms with van der Waals surface area (Å²) in [6.07, 6.45) is 1.82. The van der Waals surface area contributed by atoms with Gasteiger partial charge in [0.05, 0.1) is 6.42 Å². The van der Waals surface area contributed by atoms with Gasteiger partial charge in [-0.2, -0.15) is 28.8 Å². The normalized spacial score (nSPS) is 30.2. The second-order valence-electron chi connectivity index (χ2n) is 5.55. The second kappa shape index (κ2) is 6.64. The lowest BCUT2D eigenvalue weighted by atomic mass is 10.0. The molecule has 0 saturated carbocycles. The summed E-state index contributed by atoms with van der Waals surface area (Å²) in [5.74, 6) is 0.730. The van der Waals surface area contributed by atoms with E-state index >= 15 is 0 Å². The number of piperidine rings is 1. The summed E-state index contributed by atoms with van der Waals surface area (Å²) in [6.45, 7) is 3.57. The van der Waals surface area contributed by atoms with Crippen LogP contribution in [-0.2, 0) is 15.0 Å². The van der Waals surface area contributed by atoms with Crippen molar-refractivity contribution < 1.29 is 18.3 Å². The van der Waals surface area contributed by atoms with E-state index in [1.54, 1.807) is 11.8 Å². The second-order valence-corrected chi connectivity index (χ2v) is 8.58. The molecule has 2 unspecified atom stereocenters. The number of nitrogens with zero attached hydrogens (tertiary/aromatic N) is 2. The van der Waals surface area contributed by atoms with Gasteiger partial charge in [-0.25, -0.2) is 0 Å². The Labute approximate surface area is 124 Å². The van der Waals surface area contributed by atoms with Crippen LogP contribution >= 0.6 is 11.8 Å². The molecule has 2 atom stereocenters. The van der Waals surface area contributed by atoms with E-state index in [0.717, 1.165) is 18.6 Å². The Morgan fingerprint density at radius 3 is 2.80 bits per heavy atom. The first kappa shape index (κ1) is 16.1. The fraction of sp³-hybridized carbons (Fsp3) is 0.917. The van der Waals surface area contributed by atoms with Crippen molar-refractivity contribution in [3.63, 3.8) is 0 Å². The van der Waals surface area contributed by atoms with E-state index in [0.29, 0.717) is 31.3 Å². The quantitative estimate of drug-likeness (QED) is 0.830. The largest absolute Gasteiger partial charge is 0.481 e. The summed E-state index contributed by atoms with van der Waals surface area (Å²) in [5.41, 5.74) is 0. The van der Waals surface area contributed by atoms with Gasteiger partial charge >= 0.3 is 5.97 Å². The van der Waals surface area contributed by atoms with Crippen molar-refractivity contribution in [2.75, 3.05) is 31.1 Å². The number of rotatable bonds is 4. The number of hydrogen-bond donors (Lipinski definition) is 1. The molecule has 0 aliphatic carbocycles. The van der Waals surface area contributed by atoms with Crippen LogP contribution in [0.1, 0.15) is 26.2 Å². The SMILES string of the molecule is CC1CCCN(S(=O)(=O)N2CCSCC2CC(=O)O)C1. The van der Waals surface area contributed by atoms with E-state index in [2.05, 4.69) is 6.92 Å². The van der Waals surface area contributed by atoms with E-state index in [1.807, 2.05) is 0 Å². The third-order valence-corrected chi connectivity index (χ3v) is 6.98. The summed E-state index contributed by atoms with van der Waals surface area (Å²) in [7, 11) is -3.52. The Hall–Kier alpha value is -0.310. The van der Waals surface area contributed by atoms with Crippen LogP contribution in [0.25, 0.3) is 0 Å². The maximum atomic E-state index is 12.7. The van der Waals surface area contributed by atoms with E-state index in [9.17, 15) is 13.2 Å². The third-order valence-electron chi connectivity index (χ3n) is 3.83. The first-order chi connectivity index (χ1) is 9.41. The summed E-state index contributed by atoms with van der Waals surface area (Å²) in [4.78, 5) is 10.9. The summed E-state index contributed by atoms with van der Waals surface area (Å²) in [6, 6.07) is -0.423. The van der Waals surface area contributed by atoms with Crippen molar-refractivity contribution in [2.24, 2.45) is 5.92 Å². The van der Waals surface area contributed by atoms with Crippen molar-refractivity contribution in [3.8, 4) is 0 Å². The Bertz CT molecular complexity index is 454. The number of carbonyl (C=O) groups is 1. The predicted molar refractivity (Wildman–Crippen MR) is 79.0 cm³/mol. The molecule has 20 heavy (non-hydrogen) atoms. The Kier molecular flexibility index (Phi) is 5.33. The highest BCUT2D eigenvalue weighted by atomic mass is 32.2. The van der Waals surface area contributed by atoms with Gasteiger partial charge in [0.15, 0.2) is 0 Å². The van der Waals surface area contributed by atoms with Crippen molar-refractivity contribution in [3.05, 3.63) is 0 Å². The van der Waals surface area contributed by atoms with E-state index in [4.69, 9.17) is 5.11 Å². The highest BCUT2D eigenvalue weighted by molar-refractivity contribution is 7.99. The molecule has 2 aliphatic rings. The van der Waals surface area contributed by atoms with E-state index in [-0.39, 0.29) is 6.42 Å². The smallest absolute Gasteiger partial charge is 0.305 e. The highest BCUT2D eigenvalue weighted by Crippen LogP contribution is 2.27. The minimum Gasteiger partial charge on any atom is -0.481 e. The molecule has 6 nitrogen and oxygen atoms in total. The Morgan fingerprint density at radius 1 is 1.40 bits per heavy atom. The monoisotopic (exact) mass is 322 g/mol. The maximum Gasteiger partial charge on any atom is 0.305 e. The highest BCUT2D eigenvalue weighted by Gasteiger charge is 2.38. The van der Waals surface area contributed by atoms with Crippen molar-refractivity contribution in [1.82, 2.24) is 8.61 Å². The molecule has 8 heteroatoms. The zero-order valence-electron chi connectivity index (χ0n) is 11.7. The molecule has 0 aromatic heterocycles. The molecule has 2 rings (SSSR count). The lowest BCUT2D eigenvalue weighted by molar-refractivity contribution is -0.137. The molecule has 0 bridgehead atoms. The summed E-state index contributed by atoms with van der Waals surface area (Å²) < 4.78 is 28.4. The summed E-state index contributed by atoms with van der Waals surface area (Å²) in [5, 5.41) is 8.96. The Morgan fingerprint density at radius 2 is 2.15 bits per heavy atom. The zero-order chi connectivity index (χ0) is 14.8. The maximum absolute atomic E-state index is 12.7. The van der Waals surface area contributed by atoms with Gasteiger partial charge in [-0.15, -0.1) is 0 Å². The lowest BCUT2D eigenvalue weighted by Gasteiger charge is -2.39. The molecule has 1 N–H and O–H groups in total. The van der Waals surface area contributed by atoms with Crippen molar-refractivity contribution in [2.45, 2.75) is 32.2 Å². The minimum atomic E-state index is -3.52. The first-order valence-corrected chi connectivity index (χ1v) is 9.53. The molecule has 2 saturated heterocycles. The topological polar surface area (TPSA) is 77.9 Å². The molecule has 0 spiro atoms. The average Bonchev–Trinajstić information content (AvgIpc) is 2.38. The fourth-order valence-corrected chi connectivity index (χ4v) is 6.03. The van der Waals surface area contributed by atoms with Crippen LogP contribution in [0.4, 0.5) is 0 Å². The van der Waals surface area contributed by atoms with Crippen LogP contribution in [0.15, 0.2) is 0 Å². The molecule has 0 radical (unpaired) electrons. The minimum absolute atomic E-state index is 0.115.